The molecule has 1 fully saturated rings. The number of rotatable bonds is 10. The van der Waals surface area contributed by atoms with Crippen molar-refractivity contribution < 1.29 is 14.3 Å². The van der Waals surface area contributed by atoms with Crippen LogP contribution in [0.15, 0.2) is 91.4 Å². The van der Waals surface area contributed by atoms with E-state index < -0.39 is 0 Å². The number of anilines is 1. The minimum absolute atomic E-state index is 0.169. The number of hydrogen-bond donors (Lipinski definition) is 3. The third kappa shape index (κ3) is 6.00. The summed E-state index contributed by atoms with van der Waals surface area (Å²) in [6.45, 7) is 1.57. The molecule has 1 aliphatic carbocycles. The predicted octanol–water partition coefficient (Wildman–Crippen LogP) is 5.72. The van der Waals surface area contributed by atoms with Crippen LogP contribution in [0.2, 0.25) is 0 Å². The zero-order chi connectivity index (χ0) is 28.9. The van der Waals surface area contributed by atoms with Crippen molar-refractivity contribution in [2.75, 3.05) is 19.4 Å². The Morgan fingerprint density at radius 2 is 1.76 bits per heavy atom. The Labute approximate surface area is 244 Å². The van der Waals surface area contributed by atoms with Gasteiger partial charge in [0.25, 0.3) is 0 Å². The molecule has 0 aliphatic heterocycles. The molecular formula is C33H34N6O3. The Kier molecular flexibility index (Phi) is 7.89. The summed E-state index contributed by atoms with van der Waals surface area (Å²) in [6.07, 6.45) is 5.52. The lowest BCUT2D eigenvalue weighted by Gasteiger charge is -2.36. The van der Waals surface area contributed by atoms with Gasteiger partial charge in [0.2, 0.25) is 0 Å². The van der Waals surface area contributed by atoms with Crippen LogP contribution in [-0.4, -0.2) is 34.2 Å². The van der Waals surface area contributed by atoms with E-state index in [1.807, 2.05) is 72.8 Å². The molecule has 0 unspecified atom stereocenters. The maximum absolute atomic E-state index is 12.4. The first-order valence-electron chi connectivity index (χ1n) is 14.1. The monoisotopic (exact) mass is 562 g/mol. The van der Waals surface area contributed by atoms with Gasteiger partial charge in [-0.05, 0) is 59.7 Å². The van der Waals surface area contributed by atoms with Crippen molar-refractivity contribution in [3.8, 4) is 22.6 Å². The molecule has 1 saturated carbocycles. The van der Waals surface area contributed by atoms with E-state index in [1.54, 1.807) is 7.11 Å². The first-order valence-corrected chi connectivity index (χ1v) is 14.1. The molecule has 0 atom stereocenters. The van der Waals surface area contributed by atoms with Gasteiger partial charge in [0, 0.05) is 30.9 Å². The molecule has 0 saturated heterocycles. The summed E-state index contributed by atoms with van der Waals surface area (Å²) < 4.78 is 13.5. The Morgan fingerprint density at radius 3 is 2.55 bits per heavy atom. The number of hydrogen-bond acceptors (Lipinski definition) is 6. The third-order valence-electron chi connectivity index (χ3n) is 7.80. The predicted molar refractivity (Wildman–Crippen MR) is 163 cm³/mol. The molecule has 42 heavy (non-hydrogen) atoms. The normalized spacial score (nSPS) is 16.0. The second-order valence-corrected chi connectivity index (χ2v) is 10.6. The number of benzene rings is 3. The fourth-order valence-corrected chi connectivity index (χ4v) is 5.42. The number of nitrogens with two attached hydrogens (primary N) is 1. The molecular weight excluding hydrogens is 528 g/mol. The molecule has 5 aromatic rings. The van der Waals surface area contributed by atoms with E-state index >= 15 is 0 Å². The Bertz CT molecular complexity index is 1660. The maximum atomic E-state index is 12.4. The Morgan fingerprint density at radius 1 is 0.952 bits per heavy atom. The van der Waals surface area contributed by atoms with E-state index in [-0.39, 0.29) is 12.1 Å². The lowest BCUT2D eigenvalue weighted by molar-refractivity contribution is 0.192. The van der Waals surface area contributed by atoms with Gasteiger partial charge in [0.1, 0.15) is 35.9 Å². The third-order valence-corrected chi connectivity index (χ3v) is 7.80. The highest BCUT2D eigenvalue weighted by Gasteiger charge is 2.32. The first kappa shape index (κ1) is 27.1. The van der Waals surface area contributed by atoms with Gasteiger partial charge in [-0.3, -0.25) is 0 Å². The summed E-state index contributed by atoms with van der Waals surface area (Å²) >= 11 is 0. The number of nitrogens with zero attached hydrogens (tertiary/aromatic N) is 3. The lowest BCUT2D eigenvalue weighted by atomic mass is 9.80. The fourth-order valence-electron chi connectivity index (χ4n) is 5.42. The van der Waals surface area contributed by atoms with Crippen molar-refractivity contribution in [1.82, 2.24) is 25.2 Å². The molecule has 9 heteroatoms. The number of nitrogen functional groups attached to an aromatic ring is 1. The average molecular weight is 563 g/mol. The van der Waals surface area contributed by atoms with Gasteiger partial charge in [0.15, 0.2) is 0 Å². The summed E-state index contributed by atoms with van der Waals surface area (Å²) in [5.74, 6) is 2.42. The highest BCUT2D eigenvalue weighted by molar-refractivity contribution is 6.00. The summed E-state index contributed by atoms with van der Waals surface area (Å²) in [7, 11) is 1.63. The van der Waals surface area contributed by atoms with Crippen LogP contribution in [-0.2, 0) is 13.2 Å². The van der Waals surface area contributed by atoms with Gasteiger partial charge in [-0.15, -0.1) is 0 Å². The van der Waals surface area contributed by atoms with E-state index in [0.717, 1.165) is 57.6 Å². The second kappa shape index (κ2) is 12.2. The van der Waals surface area contributed by atoms with Gasteiger partial charge in [-0.2, -0.15) is 0 Å². The van der Waals surface area contributed by atoms with Crippen LogP contribution in [0.3, 0.4) is 0 Å². The standard InChI is InChI=1S/C33H34N6O3/c1-41-27-12-10-22(11-13-27)17-35-33(40)36-18-24-14-26(15-24)39-19-29(30-31(34)37-21-38-32(30)39)25-8-5-9-28(16-25)42-20-23-6-3-2-4-7-23/h2-13,16,19,21,24,26H,14-15,17-18,20H2,1H3,(H2,34,37,38)(H2,35,36,40). The average Bonchev–Trinajstić information content (AvgIpc) is 3.39. The summed E-state index contributed by atoms with van der Waals surface area (Å²) in [5.41, 5.74) is 11.3. The molecule has 0 spiro atoms. The van der Waals surface area contributed by atoms with E-state index in [1.165, 1.54) is 6.33 Å². The smallest absolute Gasteiger partial charge is 0.315 e. The molecule has 1 aliphatic rings. The highest BCUT2D eigenvalue weighted by Crippen LogP contribution is 2.43. The Hall–Kier alpha value is -5.05. The first-order chi connectivity index (χ1) is 20.6. The zero-order valence-electron chi connectivity index (χ0n) is 23.5. The number of aromatic nitrogens is 3. The zero-order valence-corrected chi connectivity index (χ0v) is 23.5. The van der Waals surface area contributed by atoms with E-state index in [0.29, 0.717) is 31.4 Å². The van der Waals surface area contributed by atoms with Crippen LogP contribution in [0.1, 0.15) is 30.0 Å². The van der Waals surface area contributed by atoms with Gasteiger partial charge >= 0.3 is 6.03 Å². The summed E-state index contributed by atoms with van der Waals surface area (Å²) in [5, 5.41) is 6.78. The van der Waals surface area contributed by atoms with Crippen LogP contribution in [0.25, 0.3) is 22.2 Å². The van der Waals surface area contributed by atoms with E-state index in [4.69, 9.17) is 15.2 Å². The number of amides is 2. The maximum Gasteiger partial charge on any atom is 0.315 e. The SMILES string of the molecule is COc1ccc(CNC(=O)NCC2CC(n3cc(-c4cccc(OCc5ccccc5)c4)c4c(N)ncnc43)C2)cc1. The van der Waals surface area contributed by atoms with Crippen LogP contribution in [0, 0.1) is 5.92 Å². The van der Waals surface area contributed by atoms with Crippen LogP contribution in [0.5, 0.6) is 11.5 Å². The van der Waals surface area contributed by atoms with Crippen molar-refractivity contribution in [3.63, 3.8) is 0 Å². The lowest BCUT2D eigenvalue weighted by Crippen LogP contribution is -2.41. The number of methoxy groups -OCH3 is 1. The number of ether oxygens (including phenoxy) is 2. The molecule has 2 amide bonds. The second-order valence-electron chi connectivity index (χ2n) is 10.6. The van der Waals surface area contributed by atoms with Gasteiger partial charge < -0.3 is 30.4 Å². The van der Waals surface area contributed by atoms with E-state index in [9.17, 15) is 4.79 Å². The Balaban J connectivity index is 1.09. The van der Waals surface area contributed by atoms with Gasteiger partial charge in [-0.25, -0.2) is 14.8 Å². The summed E-state index contributed by atoms with van der Waals surface area (Å²) in [4.78, 5) is 21.3. The molecule has 9 nitrogen and oxygen atoms in total. The molecule has 6 rings (SSSR count). The molecule has 4 N–H and O–H groups in total. The van der Waals surface area contributed by atoms with Crippen molar-refractivity contribution in [3.05, 3.63) is 103 Å². The van der Waals surface area contributed by atoms with Crippen LogP contribution in [0.4, 0.5) is 10.6 Å². The molecule has 2 heterocycles. The van der Waals surface area contributed by atoms with E-state index in [2.05, 4.69) is 37.4 Å². The molecule has 0 bridgehead atoms. The molecule has 3 aromatic carbocycles. The summed E-state index contributed by atoms with van der Waals surface area (Å²) in [6, 6.07) is 25.9. The minimum Gasteiger partial charge on any atom is -0.497 e. The largest absolute Gasteiger partial charge is 0.497 e. The molecule has 2 aromatic heterocycles. The fraction of sp³-hybridized carbons (Fsp3) is 0.242. The van der Waals surface area contributed by atoms with Gasteiger partial charge in [0.05, 0.1) is 12.5 Å². The number of fused-ring (bicyclic) bond motifs is 1. The number of urea groups is 1. The quantitative estimate of drug-likeness (QED) is 0.201. The topological polar surface area (TPSA) is 116 Å². The van der Waals surface area contributed by atoms with Gasteiger partial charge in [-0.1, -0.05) is 54.6 Å². The highest BCUT2D eigenvalue weighted by atomic mass is 16.5. The van der Waals surface area contributed by atoms with Crippen molar-refractivity contribution in [2.24, 2.45) is 5.92 Å². The van der Waals surface area contributed by atoms with Crippen molar-refractivity contribution in [1.29, 1.82) is 0 Å². The number of carbonyl (C=O) groups excluding carboxylic acids is 1. The number of carbonyl (C=O) groups is 1. The van der Waals surface area contributed by atoms with Crippen LogP contribution < -0.4 is 25.8 Å². The molecule has 214 valence electrons. The molecule has 0 radical (unpaired) electrons. The number of nitrogens with one attached hydrogen (secondary N) is 2. The van der Waals surface area contributed by atoms with Crippen molar-refractivity contribution >= 4 is 22.9 Å². The van der Waals surface area contributed by atoms with Crippen LogP contribution >= 0.6 is 0 Å². The minimum atomic E-state index is -0.169. The van der Waals surface area contributed by atoms with Crippen molar-refractivity contribution in [2.45, 2.75) is 32.0 Å².